The standard InChI is InChI=1S/C20H22N4OS/c1-5-26-18-9-7-6-8-17(18)21-20(25)19-15(4)24(23-22-19)16-11-10-13(2)14(3)12-16/h6-12H,5H2,1-4H3,(H,21,25). The number of carbonyl (C=O) groups is 1. The van der Waals surface area contributed by atoms with Gasteiger partial charge in [0.05, 0.1) is 17.1 Å². The zero-order chi connectivity index (χ0) is 18.7. The maximum atomic E-state index is 12.7. The Labute approximate surface area is 157 Å². The lowest BCUT2D eigenvalue weighted by Crippen LogP contribution is -2.14. The molecule has 0 radical (unpaired) electrons. The number of anilines is 1. The Morgan fingerprint density at radius 3 is 2.62 bits per heavy atom. The van der Waals surface area contributed by atoms with Gasteiger partial charge in [0, 0.05) is 4.90 Å². The van der Waals surface area contributed by atoms with Gasteiger partial charge in [0.15, 0.2) is 5.69 Å². The molecule has 0 aliphatic rings. The van der Waals surface area contributed by atoms with Crippen LogP contribution in [0.15, 0.2) is 47.4 Å². The van der Waals surface area contributed by atoms with Gasteiger partial charge in [-0.15, -0.1) is 16.9 Å². The summed E-state index contributed by atoms with van der Waals surface area (Å²) in [7, 11) is 0. The molecule has 0 aliphatic heterocycles. The topological polar surface area (TPSA) is 59.8 Å². The average molecular weight is 366 g/mol. The predicted octanol–water partition coefficient (Wildman–Crippen LogP) is 4.56. The van der Waals surface area contributed by atoms with Gasteiger partial charge >= 0.3 is 0 Å². The van der Waals surface area contributed by atoms with Crippen LogP contribution in [0, 0.1) is 20.8 Å². The van der Waals surface area contributed by atoms with E-state index in [1.54, 1.807) is 16.4 Å². The molecule has 0 bridgehead atoms. The van der Waals surface area contributed by atoms with E-state index in [4.69, 9.17) is 0 Å². The Balaban J connectivity index is 1.88. The highest BCUT2D eigenvalue weighted by atomic mass is 32.2. The molecule has 2 aromatic carbocycles. The Hall–Kier alpha value is -2.60. The molecule has 3 aromatic rings. The van der Waals surface area contributed by atoms with Gasteiger partial charge in [-0.05, 0) is 61.9 Å². The second-order valence-electron chi connectivity index (χ2n) is 6.09. The van der Waals surface area contributed by atoms with E-state index < -0.39 is 0 Å². The van der Waals surface area contributed by atoms with Gasteiger partial charge in [-0.25, -0.2) is 4.68 Å². The molecule has 0 fully saturated rings. The molecule has 0 unspecified atom stereocenters. The molecule has 5 nitrogen and oxygen atoms in total. The molecule has 1 amide bonds. The smallest absolute Gasteiger partial charge is 0.278 e. The fourth-order valence-corrected chi connectivity index (χ4v) is 3.43. The number of nitrogens with one attached hydrogen (secondary N) is 1. The van der Waals surface area contributed by atoms with E-state index in [0.717, 1.165) is 22.0 Å². The number of nitrogens with zero attached hydrogens (tertiary/aromatic N) is 3. The van der Waals surface area contributed by atoms with Crippen molar-refractivity contribution in [2.45, 2.75) is 32.6 Å². The summed E-state index contributed by atoms with van der Waals surface area (Å²) in [5, 5.41) is 11.3. The van der Waals surface area contributed by atoms with Crippen molar-refractivity contribution in [3.8, 4) is 5.69 Å². The largest absolute Gasteiger partial charge is 0.319 e. The normalized spacial score (nSPS) is 10.8. The molecule has 0 aliphatic carbocycles. The maximum Gasteiger partial charge on any atom is 0.278 e. The lowest BCUT2D eigenvalue weighted by molar-refractivity contribution is 0.102. The highest BCUT2D eigenvalue weighted by Gasteiger charge is 2.18. The van der Waals surface area contributed by atoms with Crippen molar-refractivity contribution in [3.05, 3.63) is 65.0 Å². The van der Waals surface area contributed by atoms with E-state index in [1.807, 2.05) is 49.4 Å². The van der Waals surface area contributed by atoms with Crippen molar-refractivity contribution >= 4 is 23.4 Å². The SMILES string of the molecule is CCSc1ccccc1NC(=O)c1nnn(-c2ccc(C)c(C)c2)c1C. The van der Waals surface area contributed by atoms with Crippen LogP contribution in [-0.2, 0) is 0 Å². The van der Waals surface area contributed by atoms with E-state index >= 15 is 0 Å². The quantitative estimate of drug-likeness (QED) is 0.673. The van der Waals surface area contributed by atoms with E-state index in [9.17, 15) is 4.79 Å². The molecule has 0 spiro atoms. The highest BCUT2D eigenvalue weighted by molar-refractivity contribution is 7.99. The lowest BCUT2D eigenvalue weighted by Gasteiger charge is -2.09. The van der Waals surface area contributed by atoms with Crippen molar-refractivity contribution in [1.82, 2.24) is 15.0 Å². The van der Waals surface area contributed by atoms with Crippen LogP contribution in [0.1, 0.15) is 34.2 Å². The van der Waals surface area contributed by atoms with Crippen LogP contribution < -0.4 is 5.32 Å². The number of rotatable bonds is 5. The molecule has 1 aromatic heterocycles. The second-order valence-corrected chi connectivity index (χ2v) is 7.39. The number of thioether (sulfide) groups is 1. The summed E-state index contributed by atoms with van der Waals surface area (Å²) in [5.41, 5.74) is 5.14. The molecule has 0 saturated carbocycles. The minimum Gasteiger partial charge on any atom is -0.319 e. The number of hydrogen-bond acceptors (Lipinski definition) is 4. The summed E-state index contributed by atoms with van der Waals surface area (Å²) < 4.78 is 1.70. The van der Waals surface area contributed by atoms with Gasteiger partial charge in [-0.1, -0.05) is 30.3 Å². The van der Waals surface area contributed by atoms with Crippen molar-refractivity contribution in [1.29, 1.82) is 0 Å². The Bertz CT molecular complexity index is 949. The van der Waals surface area contributed by atoms with Crippen LogP contribution >= 0.6 is 11.8 Å². The highest BCUT2D eigenvalue weighted by Crippen LogP contribution is 2.27. The fraction of sp³-hybridized carbons (Fsp3) is 0.250. The first-order chi connectivity index (χ1) is 12.5. The van der Waals surface area contributed by atoms with Crippen molar-refractivity contribution in [2.24, 2.45) is 0 Å². The van der Waals surface area contributed by atoms with Gasteiger partial charge < -0.3 is 5.32 Å². The van der Waals surface area contributed by atoms with E-state index in [-0.39, 0.29) is 5.91 Å². The summed E-state index contributed by atoms with van der Waals surface area (Å²) in [6.45, 7) is 8.07. The number of para-hydroxylation sites is 1. The first kappa shape index (κ1) is 18.2. The molecule has 3 rings (SSSR count). The molecular weight excluding hydrogens is 344 g/mol. The minimum atomic E-state index is -0.248. The van der Waals surface area contributed by atoms with Crippen LogP contribution in [0.25, 0.3) is 5.69 Å². The average Bonchev–Trinajstić information content (AvgIpc) is 3.01. The van der Waals surface area contributed by atoms with E-state index in [2.05, 4.69) is 36.4 Å². The molecule has 0 saturated heterocycles. The molecule has 26 heavy (non-hydrogen) atoms. The summed E-state index contributed by atoms with van der Waals surface area (Å²) in [6.07, 6.45) is 0. The van der Waals surface area contributed by atoms with Crippen LogP contribution in [0.5, 0.6) is 0 Å². The summed E-state index contributed by atoms with van der Waals surface area (Å²) in [4.78, 5) is 13.8. The Morgan fingerprint density at radius 2 is 1.88 bits per heavy atom. The third kappa shape index (κ3) is 3.65. The van der Waals surface area contributed by atoms with E-state index in [0.29, 0.717) is 11.4 Å². The third-order valence-corrected chi connectivity index (χ3v) is 5.24. The molecule has 134 valence electrons. The molecule has 0 atom stereocenters. The number of hydrogen-bond donors (Lipinski definition) is 1. The number of benzene rings is 2. The Kier molecular flexibility index (Phi) is 5.42. The van der Waals surface area contributed by atoms with E-state index in [1.165, 1.54) is 11.1 Å². The summed E-state index contributed by atoms with van der Waals surface area (Å²) in [5.74, 6) is 0.691. The first-order valence-electron chi connectivity index (χ1n) is 8.54. The van der Waals surface area contributed by atoms with Crippen molar-refractivity contribution < 1.29 is 4.79 Å². The van der Waals surface area contributed by atoms with Gasteiger partial charge in [-0.2, -0.15) is 0 Å². The van der Waals surface area contributed by atoms with Crippen LogP contribution in [-0.4, -0.2) is 26.7 Å². The zero-order valence-electron chi connectivity index (χ0n) is 15.4. The lowest BCUT2D eigenvalue weighted by atomic mass is 10.1. The van der Waals surface area contributed by atoms with Crippen LogP contribution in [0.3, 0.4) is 0 Å². The van der Waals surface area contributed by atoms with Crippen molar-refractivity contribution in [2.75, 3.05) is 11.1 Å². The monoisotopic (exact) mass is 366 g/mol. The zero-order valence-corrected chi connectivity index (χ0v) is 16.2. The van der Waals surface area contributed by atoms with Gasteiger partial charge in [0.25, 0.3) is 5.91 Å². The second kappa shape index (κ2) is 7.74. The molecular formula is C20H22N4OS. The summed E-state index contributed by atoms with van der Waals surface area (Å²) in [6, 6.07) is 13.9. The third-order valence-electron chi connectivity index (χ3n) is 4.28. The minimum absolute atomic E-state index is 0.248. The first-order valence-corrected chi connectivity index (χ1v) is 9.53. The molecule has 6 heteroatoms. The summed E-state index contributed by atoms with van der Waals surface area (Å²) >= 11 is 1.69. The van der Waals surface area contributed by atoms with Crippen LogP contribution in [0.4, 0.5) is 5.69 Å². The molecule has 1 N–H and O–H groups in total. The number of aryl methyl sites for hydroxylation is 2. The maximum absolute atomic E-state index is 12.7. The van der Waals surface area contributed by atoms with Gasteiger partial charge in [0.2, 0.25) is 0 Å². The van der Waals surface area contributed by atoms with Crippen LogP contribution in [0.2, 0.25) is 0 Å². The predicted molar refractivity (Wildman–Crippen MR) is 106 cm³/mol. The van der Waals surface area contributed by atoms with Gasteiger partial charge in [0.1, 0.15) is 0 Å². The van der Waals surface area contributed by atoms with Gasteiger partial charge in [-0.3, -0.25) is 4.79 Å². The Morgan fingerprint density at radius 1 is 1.12 bits per heavy atom. The molecule has 1 heterocycles. The number of carbonyl (C=O) groups excluding carboxylic acids is 1. The fourth-order valence-electron chi connectivity index (χ4n) is 2.67. The van der Waals surface area contributed by atoms with Crippen molar-refractivity contribution in [3.63, 3.8) is 0 Å². The number of amides is 1. The number of aromatic nitrogens is 3.